The average molecular weight is 667 g/mol. The first-order chi connectivity index (χ1) is 20.6. The number of carbonyl (C=O) groups excluding carboxylic acids is 3. The Morgan fingerprint density at radius 1 is 1.05 bits per heavy atom. The van der Waals surface area contributed by atoms with E-state index in [-0.39, 0.29) is 38.6 Å². The molecule has 44 heavy (non-hydrogen) atoms. The number of aliphatic hydroxyl groups excluding tert-OH is 1. The van der Waals surface area contributed by atoms with E-state index in [1.807, 2.05) is 0 Å². The quantitative estimate of drug-likeness (QED) is 0.194. The van der Waals surface area contributed by atoms with Gasteiger partial charge < -0.3 is 29.5 Å². The highest BCUT2D eigenvalue weighted by atomic mass is 35.5. The summed E-state index contributed by atoms with van der Waals surface area (Å²) in [5.41, 5.74) is -0.383. The Morgan fingerprint density at radius 2 is 1.66 bits per heavy atom. The van der Waals surface area contributed by atoms with Gasteiger partial charge in [-0.2, -0.15) is 8.78 Å². The topological polar surface area (TPSA) is 114 Å². The summed E-state index contributed by atoms with van der Waals surface area (Å²) in [6, 6.07) is 3.38. The van der Waals surface area contributed by atoms with Gasteiger partial charge in [0.2, 0.25) is 17.5 Å². The van der Waals surface area contributed by atoms with Crippen LogP contribution in [0.2, 0.25) is 10.0 Å². The zero-order valence-electron chi connectivity index (χ0n) is 24.1. The number of likely N-dealkylation sites (tertiary alicyclic amines) is 1. The lowest BCUT2D eigenvalue weighted by Crippen LogP contribution is -2.51. The highest BCUT2D eigenvalue weighted by molar-refractivity contribution is 6.33. The first-order valence-electron chi connectivity index (χ1n) is 13.6. The van der Waals surface area contributed by atoms with Crippen LogP contribution in [0.1, 0.15) is 45.6 Å². The maximum atomic E-state index is 14.0. The van der Waals surface area contributed by atoms with Crippen molar-refractivity contribution in [2.45, 2.75) is 64.4 Å². The molecular formula is C29H32Cl2F4N2O7. The molecule has 1 unspecified atom stereocenters. The van der Waals surface area contributed by atoms with Crippen LogP contribution in [0.25, 0.3) is 0 Å². The number of piperidine rings is 1. The van der Waals surface area contributed by atoms with Crippen molar-refractivity contribution in [2.75, 3.05) is 19.7 Å². The predicted octanol–water partition coefficient (Wildman–Crippen LogP) is 5.55. The van der Waals surface area contributed by atoms with Crippen molar-refractivity contribution < 1.29 is 51.3 Å². The second kappa shape index (κ2) is 15.1. The summed E-state index contributed by atoms with van der Waals surface area (Å²) in [5.74, 6) is -10.5. The Morgan fingerprint density at radius 3 is 2.25 bits per heavy atom. The minimum Gasteiger partial charge on any atom is -0.485 e. The molecule has 2 aromatic carbocycles. The molecule has 242 valence electrons. The van der Waals surface area contributed by atoms with E-state index in [2.05, 4.69) is 5.32 Å². The maximum Gasteiger partial charge on any atom is 0.410 e. The first-order valence-corrected chi connectivity index (χ1v) is 14.3. The summed E-state index contributed by atoms with van der Waals surface area (Å²) in [4.78, 5) is 39.6. The number of amides is 2. The second-order valence-corrected chi connectivity index (χ2v) is 12.0. The number of esters is 1. The summed E-state index contributed by atoms with van der Waals surface area (Å²) in [6.07, 6.45) is -2.52. The molecule has 0 saturated carbocycles. The van der Waals surface area contributed by atoms with Gasteiger partial charge in [-0.3, -0.25) is 9.59 Å². The van der Waals surface area contributed by atoms with Crippen LogP contribution in [0, 0.1) is 29.2 Å². The van der Waals surface area contributed by atoms with Crippen molar-refractivity contribution in [3.8, 4) is 5.75 Å². The first kappa shape index (κ1) is 35.2. The number of rotatable bonds is 10. The van der Waals surface area contributed by atoms with Crippen LogP contribution in [-0.4, -0.2) is 65.4 Å². The van der Waals surface area contributed by atoms with Crippen LogP contribution in [0.4, 0.5) is 22.4 Å². The Kier molecular flexibility index (Phi) is 12.1. The standard InChI is InChI=1S/C29H32Cl2F4N2O7/c1-29(2,3)44-23(39)12-21(22(38)14-42-26-24(34)19(32)11-20(33)25(26)35)36-27(40)15-6-8-37(9-7-15)28(41)43-13-16-10-17(30)4-5-18(16)31/h4-5,10-11,15,21-22,38H,6-9,12-14H2,1-3H3,(H,36,40)/t21-,22?/m0/s1. The molecule has 15 heteroatoms. The SMILES string of the molecule is CC(C)(C)OC(=O)C[C@H](NC(=O)C1CCN(C(=O)OCc2cc(Cl)ccc2Cl)CC1)C(O)COc1c(F)c(F)cc(F)c1F. The zero-order valence-corrected chi connectivity index (χ0v) is 25.6. The van der Waals surface area contributed by atoms with Crippen LogP contribution < -0.4 is 10.1 Å². The van der Waals surface area contributed by atoms with Gasteiger partial charge in [0.15, 0.2) is 17.4 Å². The average Bonchev–Trinajstić information content (AvgIpc) is 2.95. The van der Waals surface area contributed by atoms with Gasteiger partial charge in [0, 0.05) is 40.7 Å². The molecule has 2 atom stereocenters. The van der Waals surface area contributed by atoms with Gasteiger partial charge >= 0.3 is 12.1 Å². The Hall–Kier alpha value is -3.29. The molecule has 9 nitrogen and oxygen atoms in total. The second-order valence-electron chi connectivity index (χ2n) is 11.1. The summed E-state index contributed by atoms with van der Waals surface area (Å²) in [6.45, 7) is 4.07. The van der Waals surface area contributed by atoms with Gasteiger partial charge in [-0.05, 0) is 51.8 Å². The molecule has 2 N–H and O–H groups in total. The molecular weight excluding hydrogens is 635 g/mol. The van der Waals surface area contributed by atoms with E-state index in [4.69, 9.17) is 37.4 Å². The van der Waals surface area contributed by atoms with Gasteiger partial charge in [-0.25, -0.2) is 13.6 Å². The number of nitrogens with one attached hydrogen (secondary N) is 1. The molecule has 1 saturated heterocycles. The number of aliphatic hydroxyl groups is 1. The minimum atomic E-state index is -1.82. The molecule has 2 amide bonds. The third-order valence-corrected chi connectivity index (χ3v) is 7.16. The normalized spacial score (nSPS) is 15.4. The summed E-state index contributed by atoms with van der Waals surface area (Å²) < 4.78 is 70.6. The van der Waals surface area contributed by atoms with Crippen molar-refractivity contribution in [3.05, 3.63) is 63.1 Å². The molecule has 2 aromatic rings. The van der Waals surface area contributed by atoms with Crippen LogP contribution in [0.15, 0.2) is 24.3 Å². The fraction of sp³-hybridized carbons (Fsp3) is 0.483. The monoisotopic (exact) mass is 666 g/mol. The lowest BCUT2D eigenvalue weighted by molar-refractivity contribution is -0.156. The summed E-state index contributed by atoms with van der Waals surface area (Å²) in [5, 5.41) is 14.1. The number of halogens is 6. The molecule has 1 aliphatic heterocycles. The lowest BCUT2D eigenvalue weighted by Gasteiger charge is -2.32. The molecule has 0 bridgehead atoms. The van der Waals surface area contributed by atoms with Crippen molar-refractivity contribution in [2.24, 2.45) is 5.92 Å². The number of nitrogens with zero attached hydrogens (tertiary/aromatic N) is 1. The predicted molar refractivity (Wildman–Crippen MR) is 151 cm³/mol. The summed E-state index contributed by atoms with van der Waals surface area (Å²) in [7, 11) is 0. The van der Waals surface area contributed by atoms with Crippen molar-refractivity contribution in [3.63, 3.8) is 0 Å². The van der Waals surface area contributed by atoms with Crippen LogP contribution in [0.5, 0.6) is 5.75 Å². The van der Waals surface area contributed by atoms with E-state index in [0.717, 1.165) is 0 Å². The molecule has 3 rings (SSSR count). The largest absolute Gasteiger partial charge is 0.485 e. The van der Waals surface area contributed by atoms with E-state index < -0.39 is 83.7 Å². The van der Waals surface area contributed by atoms with Gasteiger partial charge in [0.25, 0.3) is 0 Å². The number of hydrogen-bond acceptors (Lipinski definition) is 7. The molecule has 0 aliphatic carbocycles. The van der Waals surface area contributed by atoms with Gasteiger partial charge in [0.05, 0.1) is 12.5 Å². The van der Waals surface area contributed by atoms with Crippen molar-refractivity contribution in [1.82, 2.24) is 10.2 Å². The molecule has 1 aliphatic rings. The van der Waals surface area contributed by atoms with E-state index in [0.29, 0.717) is 15.6 Å². The zero-order chi connectivity index (χ0) is 32.8. The smallest absolute Gasteiger partial charge is 0.410 e. The molecule has 1 heterocycles. The third-order valence-electron chi connectivity index (χ3n) is 6.55. The van der Waals surface area contributed by atoms with Gasteiger partial charge in [-0.1, -0.05) is 23.2 Å². The number of benzene rings is 2. The Balaban J connectivity index is 1.61. The van der Waals surface area contributed by atoms with E-state index >= 15 is 0 Å². The van der Waals surface area contributed by atoms with E-state index in [1.165, 1.54) is 4.90 Å². The van der Waals surface area contributed by atoms with Crippen molar-refractivity contribution in [1.29, 1.82) is 0 Å². The molecule has 0 aromatic heterocycles. The fourth-order valence-electron chi connectivity index (χ4n) is 4.32. The van der Waals surface area contributed by atoms with Crippen molar-refractivity contribution >= 4 is 41.2 Å². The van der Waals surface area contributed by atoms with Gasteiger partial charge in [-0.15, -0.1) is 0 Å². The molecule has 0 spiro atoms. The third kappa shape index (κ3) is 9.86. The highest BCUT2D eigenvalue weighted by Crippen LogP contribution is 2.27. The van der Waals surface area contributed by atoms with Crippen LogP contribution in [-0.2, 0) is 25.7 Å². The van der Waals surface area contributed by atoms with E-state index in [1.54, 1.807) is 39.0 Å². The minimum absolute atomic E-state index is 0.000602. The Bertz CT molecular complexity index is 1340. The highest BCUT2D eigenvalue weighted by Gasteiger charge is 2.33. The van der Waals surface area contributed by atoms with Crippen LogP contribution >= 0.6 is 23.2 Å². The maximum absolute atomic E-state index is 14.0. The number of hydrogen-bond donors (Lipinski definition) is 2. The summed E-state index contributed by atoms with van der Waals surface area (Å²) >= 11 is 12.1. The Labute approximate surface area is 261 Å². The van der Waals surface area contributed by atoms with Gasteiger partial charge in [0.1, 0.15) is 24.9 Å². The molecule has 1 fully saturated rings. The number of carbonyl (C=O) groups is 3. The fourth-order valence-corrected chi connectivity index (χ4v) is 4.69. The lowest BCUT2D eigenvalue weighted by atomic mass is 9.95. The van der Waals surface area contributed by atoms with E-state index in [9.17, 15) is 37.1 Å². The molecule has 0 radical (unpaired) electrons. The van der Waals surface area contributed by atoms with Crippen LogP contribution in [0.3, 0.4) is 0 Å². The number of ether oxygens (including phenoxy) is 3.